The molecule has 0 radical (unpaired) electrons. The van der Waals surface area contributed by atoms with Crippen LogP contribution in [-0.4, -0.2) is 41.3 Å². The molecule has 2 N–H and O–H groups in total. The van der Waals surface area contributed by atoms with Gasteiger partial charge in [0.1, 0.15) is 11.3 Å². The summed E-state index contributed by atoms with van der Waals surface area (Å²) in [5.41, 5.74) is 3.96. The minimum Gasteiger partial charge on any atom is -0.507 e. The third-order valence-electron chi connectivity index (χ3n) is 5.97. The standard InChI is InChI=1S/C26H31N3O4/c1-5-29(6-2)16-21(17(3)27-28-18(4)30)23(19-12-8-7-9-13-19)24-25(31)20-14-10-11-15-22(20)33-26(24)32/h7-15,21,23,31H,5-6,16H2,1-4H3,(H,28,30)/b27-17+. The number of rotatable bonds is 9. The van der Waals surface area contributed by atoms with Crippen LogP contribution in [0.2, 0.25) is 0 Å². The molecule has 2 atom stereocenters. The van der Waals surface area contributed by atoms with E-state index in [0.29, 0.717) is 23.2 Å². The quantitative estimate of drug-likeness (QED) is 0.291. The van der Waals surface area contributed by atoms with E-state index in [-0.39, 0.29) is 23.1 Å². The van der Waals surface area contributed by atoms with Gasteiger partial charge in [0.15, 0.2) is 0 Å². The monoisotopic (exact) mass is 449 g/mol. The van der Waals surface area contributed by atoms with Crippen molar-refractivity contribution in [1.82, 2.24) is 10.3 Å². The SMILES string of the molecule is CCN(CC)CC(/C(C)=N/NC(C)=O)C(c1ccccc1)c1c(O)c2ccccc2oc1=O. The first-order valence-electron chi connectivity index (χ1n) is 11.2. The number of fused-ring (bicyclic) bond motifs is 1. The van der Waals surface area contributed by atoms with E-state index in [0.717, 1.165) is 18.7 Å². The van der Waals surface area contributed by atoms with Crippen LogP contribution in [0.3, 0.4) is 0 Å². The minimum atomic E-state index is -0.586. The predicted molar refractivity (Wildman–Crippen MR) is 131 cm³/mol. The Kier molecular flexibility index (Phi) is 8.01. The molecule has 33 heavy (non-hydrogen) atoms. The van der Waals surface area contributed by atoms with E-state index in [2.05, 4.69) is 29.3 Å². The molecule has 0 aliphatic rings. The molecule has 7 nitrogen and oxygen atoms in total. The Morgan fingerprint density at radius 3 is 2.33 bits per heavy atom. The van der Waals surface area contributed by atoms with Crippen LogP contribution in [-0.2, 0) is 4.79 Å². The van der Waals surface area contributed by atoms with Crippen molar-refractivity contribution >= 4 is 22.6 Å². The van der Waals surface area contributed by atoms with Gasteiger partial charge < -0.3 is 14.4 Å². The third kappa shape index (κ3) is 5.49. The molecule has 0 saturated carbocycles. The lowest BCUT2D eigenvalue weighted by atomic mass is 9.78. The van der Waals surface area contributed by atoms with E-state index in [4.69, 9.17) is 4.42 Å². The first kappa shape index (κ1) is 24.2. The van der Waals surface area contributed by atoms with Crippen molar-refractivity contribution in [3.05, 3.63) is 76.1 Å². The first-order chi connectivity index (χ1) is 15.9. The van der Waals surface area contributed by atoms with Crippen LogP contribution in [0, 0.1) is 5.92 Å². The number of aromatic hydroxyl groups is 1. The van der Waals surface area contributed by atoms with E-state index in [1.165, 1.54) is 6.92 Å². The fraction of sp³-hybridized carbons (Fsp3) is 0.346. The van der Waals surface area contributed by atoms with E-state index < -0.39 is 11.5 Å². The maximum atomic E-state index is 13.2. The zero-order chi connectivity index (χ0) is 24.0. The van der Waals surface area contributed by atoms with Crippen molar-refractivity contribution in [2.45, 2.75) is 33.6 Å². The number of benzene rings is 2. The summed E-state index contributed by atoms with van der Waals surface area (Å²) in [7, 11) is 0. The van der Waals surface area contributed by atoms with E-state index in [1.807, 2.05) is 37.3 Å². The van der Waals surface area contributed by atoms with E-state index in [1.54, 1.807) is 24.3 Å². The average molecular weight is 450 g/mol. The van der Waals surface area contributed by atoms with E-state index in [9.17, 15) is 14.7 Å². The first-order valence-corrected chi connectivity index (χ1v) is 11.2. The molecular weight excluding hydrogens is 418 g/mol. The summed E-state index contributed by atoms with van der Waals surface area (Å²) in [6.07, 6.45) is 0. The largest absolute Gasteiger partial charge is 0.507 e. The molecule has 2 unspecified atom stereocenters. The molecule has 0 saturated heterocycles. The maximum Gasteiger partial charge on any atom is 0.343 e. The smallest absolute Gasteiger partial charge is 0.343 e. The van der Waals surface area contributed by atoms with Gasteiger partial charge in [-0.2, -0.15) is 5.10 Å². The highest BCUT2D eigenvalue weighted by Crippen LogP contribution is 2.39. The lowest BCUT2D eigenvalue weighted by Crippen LogP contribution is -2.38. The number of amides is 1. The topological polar surface area (TPSA) is 95.1 Å². The predicted octanol–water partition coefficient (Wildman–Crippen LogP) is 4.10. The molecule has 1 aromatic heterocycles. The Balaban J connectivity index is 2.28. The molecule has 0 bridgehead atoms. The van der Waals surface area contributed by atoms with Gasteiger partial charge in [0.2, 0.25) is 5.91 Å². The Morgan fingerprint density at radius 2 is 1.70 bits per heavy atom. The Labute approximate surface area is 193 Å². The van der Waals surface area contributed by atoms with Gasteiger partial charge in [0.25, 0.3) is 0 Å². The summed E-state index contributed by atoms with van der Waals surface area (Å²) in [6.45, 7) is 9.56. The van der Waals surface area contributed by atoms with Crippen LogP contribution >= 0.6 is 0 Å². The normalized spacial score (nSPS) is 13.8. The molecular formula is C26H31N3O4. The maximum absolute atomic E-state index is 13.2. The highest BCUT2D eigenvalue weighted by molar-refractivity contribution is 5.89. The molecule has 1 heterocycles. The second kappa shape index (κ2) is 10.9. The van der Waals surface area contributed by atoms with Gasteiger partial charge in [-0.05, 0) is 37.7 Å². The number of nitrogens with zero attached hydrogens (tertiary/aromatic N) is 2. The second-order valence-electron chi connectivity index (χ2n) is 8.05. The molecule has 0 aliphatic carbocycles. The summed E-state index contributed by atoms with van der Waals surface area (Å²) in [5.74, 6) is -1.22. The van der Waals surface area contributed by atoms with Gasteiger partial charge in [-0.25, -0.2) is 10.2 Å². The van der Waals surface area contributed by atoms with Gasteiger partial charge in [0, 0.05) is 31.0 Å². The van der Waals surface area contributed by atoms with Crippen LogP contribution in [0.4, 0.5) is 0 Å². The fourth-order valence-electron chi connectivity index (χ4n) is 4.17. The second-order valence-corrected chi connectivity index (χ2v) is 8.05. The number of carbonyl (C=O) groups is 1. The number of nitrogens with one attached hydrogen (secondary N) is 1. The summed E-state index contributed by atoms with van der Waals surface area (Å²) in [4.78, 5) is 27.0. The Morgan fingerprint density at radius 1 is 1.06 bits per heavy atom. The Hall–Kier alpha value is -3.45. The van der Waals surface area contributed by atoms with Crippen molar-refractivity contribution < 1.29 is 14.3 Å². The molecule has 7 heteroatoms. The van der Waals surface area contributed by atoms with Crippen molar-refractivity contribution in [1.29, 1.82) is 0 Å². The van der Waals surface area contributed by atoms with Gasteiger partial charge in [0.05, 0.1) is 10.9 Å². The fourth-order valence-corrected chi connectivity index (χ4v) is 4.17. The number of para-hydroxylation sites is 1. The zero-order valence-electron chi connectivity index (χ0n) is 19.5. The van der Waals surface area contributed by atoms with Crippen LogP contribution in [0.25, 0.3) is 11.0 Å². The highest BCUT2D eigenvalue weighted by Gasteiger charge is 2.34. The van der Waals surface area contributed by atoms with Crippen molar-refractivity contribution in [3.8, 4) is 5.75 Å². The molecule has 3 aromatic rings. The minimum absolute atomic E-state index is 0.0902. The van der Waals surface area contributed by atoms with E-state index >= 15 is 0 Å². The zero-order valence-corrected chi connectivity index (χ0v) is 19.5. The number of hydrazone groups is 1. The number of carbonyl (C=O) groups excluding carboxylic acids is 1. The molecule has 0 spiro atoms. The lowest BCUT2D eigenvalue weighted by Gasteiger charge is -2.32. The van der Waals surface area contributed by atoms with Gasteiger partial charge >= 0.3 is 5.63 Å². The molecule has 2 aromatic carbocycles. The lowest BCUT2D eigenvalue weighted by molar-refractivity contribution is -0.118. The van der Waals surface area contributed by atoms with Gasteiger partial charge in [-0.1, -0.05) is 56.3 Å². The van der Waals surface area contributed by atoms with Crippen LogP contribution in [0.1, 0.15) is 44.7 Å². The summed E-state index contributed by atoms with van der Waals surface area (Å²) in [5, 5.41) is 16.1. The number of hydrogen-bond acceptors (Lipinski definition) is 6. The summed E-state index contributed by atoms with van der Waals surface area (Å²) < 4.78 is 5.62. The summed E-state index contributed by atoms with van der Waals surface area (Å²) >= 11 is 0. The average Bonchev–Trinajstić information content (AvgIpc) is 2.82. The third-order valence-corrected chi connectivity index (χ3v) is 5.97. The van der Waals surface area contributed by atoms with Gasteiger partial charge in [-0.15, -0.1) is 0 Å². The van der Waals surface area contributed by atoms with Crippen molar-refractivity contribution in [2.75, 3.05) is 19.6 Å². The Bertz CT molecular complexity index is 1180. The van der Waals surface area contributed by atoms with Crippen molar-refractivity contribution in [3.63, 3.8) is 0 Å². The number of hydrogen-bond donors (Lipinski definition) is 2. The molecule has 1 amide bonds. The highest BCUT2D eigenvalue weighted by atomic mass is 16.4. The van der Waals surface area contributed by atoms with Crippen LogP contribution < -0.4 is 11.1 Å². The molecule has 3 rings (SSSR count). The van der Waals surface area contributed by atoms with Crippen LogP contribution in [0.5, 0.6) is 5.75 Å². The molecule has 0 fully saturated rings. The van der Waals surface area contributed by atoms with Gasteiger partial charge in [-0.3, -0.25) is 4.79 Å². The molecule has 0 aliphatic heterocycles. The summed E-state index contributed by atoms with van der Waals surface area (Å²) in [6, 6.07) is 16.5. The van der Waals surface area contributed by atoms with Crippen LogP contribution in [0.15, 0.2) is 68.9 Å². The molecule has 174 valence electrons. The van der Waals surface area contributed by atoms with Crippen molar-refractivity contribution in [2.24, 2.45) is 11.0 Å².